The second-order valence-electron chi connectivity index (χ2n) is 6.25. The monoisotopic (exact) mass is 339 g/mol. The summed E-state index contributed by atoms with van der Waals surface area (Å²) in [6.45, 7) is 2.57. The van der Waals surface area contributed by atoms with Crippen molar-refractivity contribution in [2.75, 3.05) is 20.1 Å². The van der Waals surface area contributed by atoms with E-state index in [0.717, 1.165) is 24.2 Å². The zero-order valence-electron chi connectivity index (χ0n) is 14.1. The van der Waals surface area contributed by atoms with Crippen molar-refractivity contribution in [2.45, 2.75) is 13.1 Å². The maximum absolute atomic E-state index is 12.8. The molecule has 0 saturated heterocycles. The summed E-state index contributed by atoms with van der Waals surface area (Å²) in [7, 11) is 2.01. The van der Waals surface area contributed by atoms with Crippen LogP contribution in [0, 0.1) is 0 Å². The lowest BCUT2D eigenvalue weighted by Gasteiger charge is -2.30. The largest absolute Gasteiger partial charge is 0.333 e. The van der Waals surface area contributed by atoms with Gasteiger partial charge in [-0.05, 0) is 42.4 Å². The van der Waals surface area contributed by atoms with E-state index in [2.05, 4.69) is 4.90 Å². The predicted molar refractivity (Wildman–Crippen MR) is 93.2 cm³/mol. The van der Waals surface area contributed by atoms with Gasteiger partial charge in [-0.25, -0.2) is 5.48 Å². The molecule has 0 aliphatic carbocycles. The molecular formula is C19H21N3O3. The van der Waals surface area contributed by atoms with Gasteiger partial charge in [-0.1, -0.05) is 24.3 Å². The van der Waals surface area contributed by atoms with E-state index in [1.165, 1.54) is 0 Å². The Kier molecular flexibility index (Phi) is 5.11. The third-order valence-electron chi connectivity index (χ3n) is 4.43. The molecule has 6 nitrogen and oxygen atoms in total. The number of fused-ring (bicyclic) bond motifs is 1. The Hall–Kier alpha value is -2.70. The first kappa shape index (κ1) is 17.1. The van der Waals surface area contributed by atoms with Gasteiger partial charge in [0.2, 0.25) is 0 Å². The zero-order valence-corrected chi connectivity index (χ0v) is 14.1. The Bertz CT molecular complexity index is 777. The van der Waals surface area contributed by atoms with Crippen LogP contribution >= 0.6 is 0 Å². The lowest BCUT2D eigenvalue weighted by Crippen LogP contribution is -2.39. The minimum atomic E-state index is -0.556. The van der Waals surface area contributed by atoms with Gasteiger partial charge in [0.05, 0.1) is 0 Å². The maximum Gasteiger partial charge on any atom is 0.274 e. The summed E-state index contributed by atoms with van der Waals surface area (Å²) in [6, 6.07) is 14.5. The van der Waals surface area contributed by atoms with E-state index in [-0.39, 0.29) is 5.91 Å². The SMILES string of the molecule is CN1CCN(C(=O)c2ccccc2)Cc2cc(C(=O)NO)ccc2C1. The molecule has 0 atom stereocenters. The first-order valence-electron chi connectivity index (χ1n) is 8.17. The molecule has 1 aliphatic rings. The summed E-state index contributed by atoms with van der Waals surface area (Å²) in [4.78, 5) is 28.5. The third kappa shape index (κ3) is 3.87. The molecule has 25 heavy (non-hydrogen) atoms. The van der Waals surface area contributed by atoms with E-state index in [9.17, 15) is 9.59 Å². The third-order valence-corrected chi connectivity index (χ3v) is 4.43. The van der Waals surface area contributed by atoms with Crippen molar-refractivity contribution < 1.29 is 14.8 Å². The average Bonchev–Trinajstić information content (AvgIpc) is 2.64. The summed E-state index contributed by atoms with van der Waals surface area (Å²) >= 11 is 0. The number of carbonyl (C=O) groups excluding carboxylic acids is 2. The van der Waals surface area contributed by atoms with Crippen molar-refractivity contribution in [3.8, 4) is 0 Å². The van der Waals surface area contributed by atoms with E-state index in [0.29, 0.717) is 24.2 Å². The van der Waals surface area contributed by atoms with Gasteiger partial charge in [0.15, 0.2) is 0 Å². The number of amides is 2. The van der Waals surface area contributed by atoms with Gasteiger partial charge in [0, 0.05) is 37.3 Å². The number of nitrogens with one attached hydrogen (secondary N) is 1. The second-order valence-corrected chi connectivity index (χ2v) is 6.25. The van der Waals surface area contributed by atoms with Crippen LogP contribution in [0.2, 0.25) is 0 Å². The second kappa shape index (κ2) is 7.46. The molecule has 1 heterocycles. The highest BCUT2D eigenvalue weighted by atomic mass is 16.5. The fourth-order valence-electron chi connectivity index (χ4n) is 3.02. The normalized spacial score (nSPS) is 15.0. The van der Waals surface area contributed by atoms with Crippen LogP contribution in [0.4, 0.5) is 0 Å². The van der Waals surface area contributed by atoms with Crippen LogP contribution < -0.4 is 5.48 Å². The molecule has 0 fully saturated rings. The molecule has 2 amide bonds. The molecular weight excluding hydrogens is 318 g/mol. The van der Waals surface area contributed by atoms with Crippen molar-refractivity contribution in [3.63, 3.8) is 0 Å². The van der Waals surface area contributed by atoms with Crippen LogP contribution in [-0.4, -0.2) is 47.0 Å². The number of likely N-dealkylation sites (N-methyl/N-ethyl adjacent to an activating group) is 1. The molecule has 2 aromatic rings. The minimum Gasteiger partial charge on any atom is -0.333 e. The molecule has 0 bridgehead atoms. The quantitative estimate of drug-likeness (QED) is 0.647. The number of hydrogen-bond acceptors (Lipinski definition) is 4. The smallest absolute Gasteiger partial charge is 0.274 e. The van der Waals surface area contributed by atoms with Crippen molar-refractivity contribution in [2.24, 2.45) is 0 Å². The predicted octanol–water partition coefficient (Wildman–Crippen LogP) is 1.89. The van der Waals surface area contributed by atoms with E-state index in [1.807, 2.05) is 31.3 Å². The van der Waals surface area contributed by atoms with Gasteiger partial charge in [0.25, 0.3) is 11.8 Å². The molecule has 130 valence electrons. The summed E-state index contributed by atoms with van der Waals surface area (Å²) in [5.41, 5.74) is 4.66. The molecule has 6 heteroatoms. The fraction of sp³-hybridized carbons (Fsp3) is 0.263. The van der Waals surface area contributed by atoms with Crippen LogP contribution in [-0.2, 0) is 13.1 Å². The molecule has 2 aromatic carbocycles. The highest BCUT2D eigenvalue weighted by molar-refractivity contribution is 5.95. The van der Waals surface area contributed by atoms with Crippen molar-refractivity contribution in [1.82, 2.24) is 15.3 Å². The minimum absolute atomic E-state index is 0.0288. The van der Waals surface area contributed by atoms with Crippen LogP contribution in [0.3, 0.4) is 0 Å². The van der Waals surface area contributed by atoms with Gasteiger partial charge in [-0.3, -0.25) is 14.8 Å². The molecule has 0 saturated carbocycles. The van der Waals surface area contributed by atoms with Crippen molar-refractivity contribution in [1.29, 1.82) is 0 Å². The maximum atomic E-state index is 12.8. The fourth-order valence-corrected chi connectivity index (χ4v) is 3.02. The topological polar surface area (TPSA) is 72.9 Å². The average molecular weight is 339 g/mol. The number of benzene rings is 2. The standard InChI is InChI=1S/C19H21N3O3/c1-21-9-10-22(19(24)14-5-3-2-4-6-14)13-17-11-15(18(23)20-25)7-8-16(17)12-21/h2-8,11,25H,9-10,12-13H2,1H3,(H,20,23). The summed E-state index contributed by atoms with van der Waals surface area (Å²) in [6.07, 6.45) is 0. The lowest BCUT2D eigenvalue weighted by atomic mass is 10.0. The highest BCUT2D eigenvalue weighted by Gasteiger charge is 2.21. The van der Waals surface area contributed by atoms with Gasteiger partial charge >= 0.3 is 0 Å². The van der Waals surface area contributed by atoms with Gasteiger partial charge in [0.1, 0.15) is 0 Å². The van der Waals surface area contributed by atoms with Gasteiger partial charge in [-0.15, -0.1) is 0 Å². The number of hydroxylamine groups is 1. The molecule has 0 aromatic heterocycles. The Morgan fingerprint density at radius 2 is 1.72 bits per heavy atom. The molecule has 0 spiro atoms. The van der Waals surface area contributed by atoms with Crippen LogP contribution in [0.1, 0.15) is 31.8 Å². The van der Waals surface area contributed by atoms with E-state index in [1.54, 1.807) is 34.6 Å². The first-order valence-corrected chi connectivity index (χ1v) is 8.17. The summed E-state index contributed by atoms with van der Waals surface area (Å²) in [5, 5.41) is 8.85. The number of nitrogens with zero attached hydrogens (tertiary/aromatic N) is 2. The Morgan fingerprint density at radius 3 is 2.44 bits per heavy atom. The van der Waals surface area contributed by atoms with Gasteiger partial charge < -0.3 is 9.80 Å². The van der Waals surface area contributed by atoms with E-state index >= 15 is 0 Å². The number of rotatable bonds is 2. The van der Waals surface area contributed by atoms with Crippen LogP contribution in [0.5, 0.6) is 0 Å². The highest BCUT2D eigenvalue weighted by Crippen LogP contribution is 2.20. The van der Waals surface area contributed by atoms with E-state index < -0.39 is 5.91 Å². The van der Waals surface area contributed by atoms with E-state index in [4.69, 9.17) is 5.21 Å². The van der Waals surface area contributed by atoms with Crippen LogP contribution in [0.25, 0.3) is 0 Å². The Morgan fingerprint density at radius 1 is 0.960 bits per heavy atom. The lowest BCUT2D eigenvalue weighted by molar-refractivity contribution is 0.0706. The molecule has 0 radical (unpaired) electrons. The molecule has 0 unspecified atom stereocenters. The Labute approximate surface area is 146 Å². The molecule has 3 rings (SSSR count). The summed E-state index contributed by atoms with van der Waals surface area (Å²) < 4.78 is 0. The summed E-state index contributed by atoms with van der Waals surface area (Å²) in [5.74, 6) is -0.585. The first-order chi connectivity index (χ1) is 12.1. The van der Waals surface area contributed by atoms with Crippen molar-refractivity contribution >= 4 is 11.8 Å². The van der Waals surface area contributed by atoms with Crippen molar-refractivity contribution in [3.05, 3.63) is 70.8 Å². The number of carbonyl (C=O) groups is 2. The zero-order chi connectivity index (χ0) is 17.8. The van der Waals surface area contributed by atoms with Gasteiger partial charge in [-0.2, -0.15) is 0 Å². The Balaban J connectivity index is 1.93. The number of hydrogen-bond donors (Lipinski definition) is 2. The molecule has 1 aliphatic heterocycles. The molecule has 2 N–H and O–H groups in total. The van der Waals surface area contributed by atoms with Crippen LogP contribution in [0.15, 0.2) is 48.5 Å².